The van der Waals surface area contributed by atoms with Gasteiger partial charge in [0, 0.05) is 23.6 Å². The monoisotopic (exact) mass is 518 g/mol. The fourth-order valence-electron chi connectivity index (χ4n) is 5.54. The Labute approximate surface area is 231 Å². The maximum atomic E-state index is 11.0. The Balaban J connectivity index is 1.90. The van der Waals surface area contributed by atoms with Crippen molar-refractivity contribution < 1.29 is 10.2 Å². The predicted molar refractivity (Wildman–Crippen MR) is 163 cm³/mol. The van der Waals surface area contributed by atoms with E-state index < -0.39 is 0 Å². The highest BCUT2D eigenvalue weighted by molar-refractivity contribution is 5.86. The van der Waals surface area contributed by atoms with Gasteiger partial charge < -0.3 is 10.2 Å². The van der Waals surface area contributed by atoms with Crippen LogP contribution in [0.3, 0.4) is 0 Å². The van der Waals surface area contributed by atoms with E-state index in [2.05, 4.69) is 79.7 Å². The molecule has 0 amide bonds. The highest BCUT2D eigenvalue weighted by Gasteiger charge is 2.24. The van der Waals surface area contributed by atoms with Gasteiger partial charge in [-0.05, 0) is 83.7 Å². The van der Waals surface area contributed by atoms with Gasteiger partial charge in [-0.15, -0.1) is 0 Å². The maximum absolute atomic E-state index is 11.0. The van der Waals surface area contributed by atoms with Crippen molar-refractivity contribution in [3.63, 3.8) is 0 Å². The number of phenols is 2. The maximum Gasteiger partial charge on any atom is 0.127 e. The van der Waals surface area contributed by atoms with Crippen LogP contribution in [0, 0.1) is 11.8 Å². The average Bonchev–Trinajstić information content (AvgIpc) is 2.83. The molecule has 2 N–H and O–H groups in total. The van der Waals surface area contributed by atoms with Gasteiger partial charge in [0.25, 0.3) is 0 Å². The standard InChI is InChI=1S/C34H50N2O2/c1-21(2)13-25-15-27(33(37)29(17-25)23(5)6)19-35-31-11-9-10-12-32(31)36-20-28-16-26(14-22(3)4)18-30(24(7)8)34(28)38/h15-24,31-32,37-38H,9-14H2,1-8H3. The molecule has 0 heterocycles. The third-order valence-electron chi connectivity index (χ3n) is 7.49. The molecule has 38 heavy (non-hydrogen) atoms. The van der Waals surface area contributed by atoms with Crippen LogP contribution in [-0.2, 0) is 12.8 Å². The molecule has 1 fully saturated rings. The summed E-state index contributed by atoms with van der Waals surface area (Å²) in [6.45, 7) is 17.4. The van der Waals surface area contributed by atoms with Crippen LogP contribution in [0.15, 0.2) is 34.3 Å². The van der Waals surface area contributed by atoms with Crippen LogP contribution in [0.4, 0.5) is 0 Å². The quantitative estimate of drug-likeness (QED) is 0.309. The Bertz CT molecular complexity index is 1040. The summed E-state index contributed by atoms with van der Waals surface area (Å²) in [5, 5.41) is 22.0. The Morgan fingerprint density at radius 2 is 1.03 bits per heavy atom. The molecule has 0 spiro atoms. The fraction of sp³-hybridized carbons (Fsp3) is 0.588. The molecule has 208 valence electrons. The lowest BCUT2D eigenvalue weighted by molar-refractivity contribution is 0.390. The smallest absolute Gasteiger partial charge is 0.127 e. The van der Waals surface area contributed by atoms with Crippen molar-refractivity contribution in [2.24, 2.45) is 21.8 Å². The summed E-state index contributed by atoms with van der Waals surface area (Å²) in [5.41, 5.74) is 6.08. The predicted octanol–water partition coefficient (Wildman–Crippen LogP) is 8.59. The van der Waals surface area contributed by atoms with Crippen molar-refractivity contribution >= 4 is 12.4 Å². The molecule has 0 radical (unpaired) electrons. The van der Waals surface area contributed by atoms with Gasteiger partial charge in [-0.3, -0.25) is 9.98 Å². The molecule has 2 aromatic rings. The van der Waals surface area contributed by atoms with Crippen LogP contribution in [0.25, 0.3) is 0 Å². The second-order valence-electron chi connectivity index (χ2n) is 12.7. The summed E-state index contributed by atoms with van der Waals surface area (Å²) in [7, 11) is 0. The minimum absolute atomic E-state index is 0.0706. The molecule has 0 bridgehead atoms. The first-order chi connectivity index (χ1) is 18.0. The zero-order valence-corrected chi connectivity index (χ0v) is 25.0. The average molecular weight is 519 g/mol. The fourth-order valence-corrected chi connectivity index (χ4v) is 5.54. The van der Waals surface area contributed by atoms with Crippen molar-refractivity contribution in [1.29, 1.82) is 0 Å². The third-order valence-corrected chi connectivity index (χ3v) is 7.49. The topological polar surface area (TPSA) is 65.2 Å². The lowest BCUT2D eigenvalue weighted by Crippen LogP contribution is -2.27. The number of benzene rings is 2. The van der Waals surface area contributed by atoms with Gasteiger partial charge in [0.05, 0.1) is 12.1 Å². The van der Waals surface area contributed by atoms with Gasteiger partial charge in [-0.1, -0.05) is 80.4 Å². The molecule has 4 heteroatoms. The largest absolute Gasteiger partial charge is 0.507 e. The van der Waals surface area contributed by atoms with Crippen LogP contribution < -0.4 is 0 Å². The highest BCUT2D eigenvalue weighted by atomic mass is 16.3. The SMILES string of the molecule is CC(C)Cc1cc(C=NC2CCCCC2N=Cc2cc(CC(C)C)cc(C(C)C)c2O)c(O)c(C(C)C)c1. The second kappa shape index (κ2) is 13.4. The first-order valence-electron chi connectivity index (χ1n) is 14.7. The van der Waals surface area contributed by atoms with Crippen molar-refractivity contribution in [2.45, 2.75) is 118 Å². The molecule has 4 nitrogen and oxygen atoms in total. The molecule has 1 aliphatic carbocycles. The van der Waals surface area contributed by atoms with Crippen LogP contribution in [0.2, 0.25) is 0 Å². The number of rotatable bonds is 10. The Morgan fingerprint density at radius 1 is 0.658 bits per heavy atom. The van der Waals surface area contributed by atoms with Crippen molar-refractivity contribution in [3.8, 4) is 11.5 Å². The lowest BCUT2D eigenvalue weighted by Gasteiger charge is -2.26. The Kier molecular flexibility index (Phi) is 10.6. The summed E-state index contributed by atoms with van der Waals surface area (Å²) < 4.78 is 0. The Morgan fingerprint density at radius 3 is 1.34 bits per heavy atom. The highest BCUT2D eigenvalue weighted by Crippen LogP contribution is 2.33. The molecule has 2 unspecified atom stereocenters. The van der Waals surface area contributed by atoms with Gasteiger partial charge in [0.2, 0.25) is 0 Å². The molecule has 2 atom stereocenters. The van der Waals surface area contributed by atoms with Gasteiger partial charge in [0.15, 0.2) is 0 Å². The number of nitrogens with zero attached hydrogens (tertiary/aromatic N) is 2. The number of phenolic OH excluding ortho intramolecular Hbond substituents is 2. The Hall–Kier alpha value is -2.62. The van der Waals surface area contributed by atoms with Gasteiger partial charge >= 0.3 is 0 Å². The lowest BCUT2D eigenvalue weighted by atomic mass is 9.90. The number of hydrogen-bond acceptors (Lipinski definition) is 4. The number of aliphatic imine (C=N–C) groups is 2. The second-order valence-corrected chi connectivity index (χ2v) is 12.7. The van der Waals surface area contributed by atoms with Gasteiger partial charge in [0.1, 0.15) is 11.5 Å². The van der Waals surface area contributed by atoms with E-state index in [9.17, 15) is 10.2 Å². The summed E-state index contributed by atoms with van der Waals surface area (Å²) in [6.07, 6.45) is 9.96. The number of aromatic hydroxyl groups is 2. The molecule has 1 aliphatic rings. The number of hydrogen-bond donors (Lipinski definition) is 2. The minimum atomic E-state index is 0.0706. The zero-order valence-electron chi connectivity index (χ0n) is 25.0. The summed E-state index contributed by atoms with van der Waals surface area (Å²) >= 11 is 0. The van der Waals surface area contributed by atoms with Crippen molar-refractivity contribution in [3.05, 3.63) is 57.6 Å². The van der Waals surface area contributed by atoms with E-state index >= 15 is 0 Å². The van der Waals surface area contributed by atoms with E-state index in [4.69, 9.17) is 9.98 Å². The van der Waals surface area contributed by atoms with E-state index in [1.165, 1.54) is 11.1 Å². The minimum Gasteiger partial charge on any atom is -0.507 e. The zero-order chi connectivity index (χ0) is 28.0. The molecule has 3 rings (SSSR count). The van der Waals surface area contributed by atoms with E-state index in [-0.39, 0.29) is 23.9 Å². The summed E-state index contributed by atoms with van der Waals surface area (Å²) in [4.78, 5) is 9.99. The molecule has 0 saturated heterocycles. The molecule has 0 aliphatic heterocycles. The van der Waals surface area contributed by atoms with Crippen LogP contribution >= 0.6 is 0 Å². The molecule has 0 aromatic heterocycles. The molecular weight excluding hydrogens is 468 g/mol. The van der Waals surface area contributed by atoms with Crippen LogP contribution in [0.1, 0.15) is 126 Å². The normalized spacial score (nSPS) is 18.7. The van der Waals surface area contributed by atoms with Crippen LogP contribution in [-0.4, -0.2) is 34.7 Å². The van der Waals surface area contributed by atoms with Gasteiger partial charge in [-0.25, -0.2) is 0 Å². The first-order valence-corrected chi connectivity index (χ1v) is 14.7. The third kappa shape index (κ3) is 7.94. The van der Waals surface area contributed by atoms with E-state index in [0.29, 0.717) is 23.3 Å². The first kappa shape index (κ1) is 29.9. The van der Waals surface area contributed by atoms with Crippen molar-refractivity contribution in [1.82, 2.24) is 0 Å². The van der Waals surface area contributed by atoms with Crippen molar-refractivity contribution in [2.75, 3.05) is 0 Å². The summed E-state index contributed by atoms with van der Waals surface area (Å²) in [5.74, 6) is 2.29. The molecule has 1 saturated carbocycles. The van der Waals surface area contributed by atoms with Gasteiger partial charge in [-0.2, -0.15) is 0 Å². The van der Waals surface area contributed by atoms with E-state index in [1.807, 2.05) is 12.4 Å². The molecular formula is C34H50N2O2. The van der Waals surface area contributed by atoms with Crippen LogP contribution in [0.5, 0.6) is 11.5 Å². The molecule has 2 aromatic carbocycles. The summed E-state index contributed by atoms with van der Waals surface area (Å²) in [6, 6.07) is 8.63. The van der Waals surface area contributed by atoms with E-state index in [1.54, 1.807) is 0 Å². The van der Waals surface area contributed by atoms with E-state index in [0.717, 1.165) is 60.8 Å².